The number of fused-ring (bicyclic) bond motifs is 1. The van der Waals surface area contributed by atoms with Crippen molar-refractivity contribution in [2.45, 2.75) is 13.8 Å². The number of aryl methyl sites for hydroxylation is 2. The third-order valence-electron chi connectivity index (χ3n) is 3.58. The van der Waals surface area contributed by atoms with Crippen LogP contribution in [0.4, 0.5) is 0 Å². The van der Waals surface area contributed by atoms with Crippen LogP contribution in [-0.4, -0.2) is 23.0 Å². The molecule has 3 rings (SSSR count). The molecular formula is C18H16N2O3. The molecule has 1 heterocycles. The number of rotatable bonds is 3. The zero-order valence-electron chi connectivity index (χ0n) is 13.2. The average molecular weight is 308 g/mol. The number of nitrogens with zero attached hydrogens (tertiary/aromatic N) is 2. The Morgan fingerprint density at radius 3 is 2.13 bits per heavy atom. The van der Waals surface area contributed by atoms with E-state index in [1.54, 1.807) is 49.6 Å². The Labute approximate surface area is 133 Å². The van der Waals surface area contributed by atoms with Gasteiger partial charge in [-0.1, -0.05) is 0 Å². The van der Waals surface area contributed by atoms with Crippen LogP contribution < -0.4 is 9.47 Å². The molecule has 0 aliphatic rings. The highest BCUT2D eigenvalue weighted by Gasteiger charge is 2.10. The minimum Gasteiger partial charge on any atom is -0.497 e. The lowest BCUT2D eigenvalue weighted by Crippen LogP contribution is -2.08. The van der Waals surface area contributed by atoms with Gasteiger partial charge in [-0.05, 0) is 50.2 Å². The number of carbonyl (C=O) groups is 1. The summed E-state index contributed by atoms with van der Waals surface area (Å²) in [6.45, 7) is 3.82. The topological polar surface area (TPSA) is 61.3 Å². The number of benzene rings is 2. The second-order valence-electron chi connectivity index (χ2n) is 5.16. The van der Waals surface area contributed by atoms with Gasteiger partial charge in [0.2, 0.25) is 0 Å². The van der Waals surface area contributed by atoms with E-state index in [1.165, 1.54) is 0 Å². The standard InChI is InChI=1S/C18H16N2O3/c1-11-12(2)20-17-10-15(8-9-16(17)19-11)23-18(21)13-4-6-14(22-3)7-5-13/h4-10H,1-3H3. The van der Waals surface area contributed by atoms with Gasteiger partial charge in [-0.15, -0.1) is 0 Å². The van der Waals surface area contributed by atoms with Crippen LogP contribution in [0.25, 0.3) is 11.0 Å². The maximum absolute atomic E-state index is 12.2. The Morgan fingerprint density at radius 1 is 0.870 bits per heavy atom. The van der Waals surface area contributed by atoms with E-state index in [-0.39, 0.29) is 0 Å². The number of esters is 1. The lowest BCUT2D eigenvalue weighted by atomic mass is 10.2. The van der Waals surface area contributed by atoms with E-state index in [2.05, 4.69) is 9.97 Å². The van der Waals surface area contributed by atoms with Crippen LogP contribution in [0, 0.1) is 13.8 Å². The maximum atomic E-state index is 12.2. The van der Waals surface area contributed by atoms with Gasteiger partial charge in [0.1, 0.15) is 11.5 Å². The molecule has 5 nitrogen and oxygen atoms in total. The predicted octanol–water partition coefficient (Wildman–Crippen LogP) is 3.47. The molecule has 1 aromatic heterocycles. The predicted molar refractivity (Wildman–Crippen MR) is 87.0 cm³/mol. The Morgan fingerprint density at radius 2 is 1.48 bits per heavy atom. The highest BCUT2D eigenvalue weighted by molar-refractivity contribution is 5.91. The van der Waals surface area contributed by atoms with Gasteiger partial charge in [0, 0.05) is 6.07 Å². The largest absolute Gasteiger partial charge is 0.497 e. The molecule has 0 aliphatic heterocycles. The van der Waals surface area contributed by atoms with Crippen molar-refractivity contribution in [3.8, 4) is 11.5 Å². The lowest BCUT2D eigenvalue weighted by molar-refractivity contribution is 0.0735. The molecule has 0 amide bonds. The number of hydrogen-bond donors (Lipinski definition) is 0. The van der Waals surface area contributed by atoms with Gasteiger partial charge in [-0.25, -0.2) is 14.8 Å². The van der Waals surface area contributed by atoms with E-state index in [0.717, 1.165) is 16.9 Å². The van der Waals surface area contributed by atoms with Crippen molar-refractivity contribution in [1.82, 2.24) is 9.97 Å². The number of hydrogen-bond acceptors (Lipinski definition) is 5. The lowest BCUT2D eigenvalue weighted by Gasteiger charge is -2.07. The molecule has 0 atom stereocenters. The van der Waals surface area contributed by atoms with Crippen molar-refractivity contribution in [3.63, 3.8) is 0 Å². The van der Waals surface area contributed by atoms with E-state index in [9.17, 15) is 4.79 Å². The van der Waals surface area contributed by atoms with Gasteiger partial charge in [0.05, 0.1) is 35.1 Å². The molecule has 0 radical (unpaired) electrons. The summed E-state index contributed by atoms with van der Waals surface area (Å²) in [6.07, 6.45) is 0. The third-order valence-corrected chi connectivity index (χ3v) is 3.58. The van der Waals surface area contributed by atoms with Crippen molar-refractivity contribution in [2.75, 3.05) is 7.11 Å². The van der Waals surface area contributed by atoms with Crippen LogP contribution in [0.15, 0.2) is 42.5 Å². The van der Waals surface area contributed by atoms with Crippen LogP contribution in [0.1, 0.15) is 21.7 Å². The van der Waals surface area contributed by atoms with Crippen molar-refractivity contribution >= 4 is 17.0 Å². The summed E-state index contributed by atoms with van der Waals surface area (Å²) in [5.74, 6) is 0.702. The first-order valence-electron chi connectivity index (χ1n) is 7.18. The van der Waals surface area contributed by atoms with Crippen molar-refractivity contribution in [3.05, 3.63) is 59.4 Å². The first-order valence-corrected chi connectivity index (χ1v) is 7.18. The Hall–Kier alpha value is -2.95. The van der Waals surface area contributed by atoms with Crippen molar-refractivity contribution in [2.24, 2.45) is 0 Å². The minimum atomic E-state index is -0.427. The quantitative estimate of drug-likeness (QED) is 0.547. The molecule has 0 spiro atoms. The molecule has 0 aliphatic carbocycles. The zero-order valence-corrected chi connectivity index (χ0v) is 13.2. The molecule has 0 saturated heterocycles. The smallest absolute Gasteiger partial charge is 0.343 e. The molecule has 23 heavy (non-hydrogen) atoms. The van der Waals surface area contributed by atoms with Gasteiger partial charge in [-0.2, -0.15) is 0 Å². The molecule has 0 bridgehead atoms. The first-order chi connectivity index (χ1) is 11.1. The van der Waals surface area contributed by atoms with E-state index >= 15 is 0 Å². The highest BCUT2D eigenvalue weighted by Crippen LogP contribution is 2.21. The molecule has 0 N–H and O–H groups in total. The van der Waals surface area contributed by atoms with Crippen LogP contribution in [0.2, 0.25) is 0 Å². The summed E-state index contributed by atoms with van der Waals surface area (Å²) < 4.78 is 10.5. The average Bonchev–Trinajstić information content (AvgIpc) is 2.56. The molecular weight excluding hydrogens is 292 g/mol. The van der Waals surface area contributed by atoms with Gasteiger partial charge >= 0.3 is 5.97 Å². The molecule has 116 valence electrons. The second kappa shape index (κ2) is 6.04. The SMILES string of the molecule is COc1ccc(C(=O)Oc2ccc3nc(C)c(C)nc3c2)cc1. The molecule has 0 saturated carbocycles. The fourth-order valence-electron chi connectivity index (χ4n) is 2.17. The number of ether oxygens (including phenoxy) is 2. The van der Waals surface area contributed by atoms with Crippen LogP contribution in [-0.2, 0) is 0 Å². The van der Waals surface area contributed by atoms with Crippen LogP contribution >= 0.6 is 0 Å². The Bertz CT molecular complexity index is 873. The monoisotopic (exact) mass is 308 g/mol. The van der Waals surface area contributed by atoms with E-state index in [0.29, 0.717) is 22.6 Å². The highest BCUT2D eigenvalue weighted by atomic mass is 16.5. The fraction of sp³-hybridized carbons (Fsp3) is 0.167. The summed E-state index contributed by atoms with van der Waals surface area (Å²) >= 11 is 0. The molecule has 2 aromatic carbocycles. The van der Waals surface area contributed by atoms with Crippen LogP contribution in [0.3, 0.4) is 0 Å². The number of methoxy groups -OCH3 is 1. The van der Waals surface area contributed by atoms with Gasteiger partial charge < -0.3 is 9.47 Å². The van der Waals surface area contributed by atoms with Crippen LogP contribution in [0.5, 0.6) is 11.5 Å². The third kappa shape index (κ3) is 3.13. The van der Waals surface area contributed by atoms with Crippen molar-refractivity contribution in [1.29, 1.82) is 0 Å². The normalized spacial score (nSPS) is 10.6. The van der Waals surface area contributed by atoms with E-state index in [4.69, 9.17) is 9.47 Å². The Balaban J connectivity index is 1.85. The zero-order chi connectivity index (χ0) is 16.4. The number of aromatic nitrogens is 2. The fourth-order valence-corrected chi connectivity index (χ4v) is 2.17. The summed E-state index contributed by atoms with van der Waals surface area (Å²) in [4.78, 5) is 21.1. The summed E-state index contributed by atoms with van der Waals surface area (Å²) in [5.41, 5.74) is 3.68. The van der Waals surface area contributed by atoms with E-state index in [1.807, 2.05) is 13.8 Å². The van der Waals surface area contributed by atoms with Gasteiger partial charge in [0.15, 0.2) is 0 Å². The van der Waals surface area contributed by atoms with Gasteiger partial charge in [0.25, 0.3) is 0 Å². The van der Waals surface area contributed by atoms with E-state index < -0.39 is 5.97 Å². The Kier molecular flexibility index (Phi) is 3.93. The molecule has 0 unspecified atom stereocenters. The molecule has 3 aromatic rings. The minimum absolute atomic E-state index is 0.427. The molecule has 0 fully saturated rings. The first kappa shape index (κ1) is 15.0. The second-order valence-corrected chi connectivity index (χ2v) is 5.16. The summed E-state index contributed by atoms with van der Waals surface area (Å²) in [5, 5.41) is 0. The maximum Gasteiger partial charge on any atom is 0.343 e. The van der Waals surface area contributed by atoms with Gasteiger partial charge in [-0.3, -0.25) is 0 Å². The van der Waals surface area contributed by atoms with Crippen molar-refractivity contribution < 1.29 is 14.3 Å². The molecule has 5 heteroatoms. The summed E-state index contributed by atoms with van der Waals surface area (Å²) in [6, 6.07) is 12.0. The number of carbonyl (C=O) groups excluding carboxylic acids is 1. The summed E-state index contributed by atoms with van der Waals surface area (Å²) in [7, 11) is 1.58.